The van der Waals surface area contributed by atoms with Gasteiger partial charge in [0.15, 0.2) is 0 Å². The second kappa shape index (κ2) is 10.3. The average molecular weight is 362 g/mol. The second-order valence-electron chi connectivity index (χ2n) is 6.76. The molecule has 0 spiro atoms. The van der Waals surface area contributed by atoms with Gasteiger partial charge in [0.2, 0.25) is 11.8 Å². The van der Waals surface area contributed by atoms with Crippen LogP contribution in [0.4, 0.5) is 11.4 Å². The molecule has 0 saturated carbocycles. The summed E-state index contributed by atoms with van der Waals surface area (Å²) >= 11 is 0. The highest BCUT2D eigenvalue weighted by Gasteiger charge is 2.15. The summed E-state index contributed by atoms with van der Waals surface area (Å²) < 4.78 is 5.13. The van der Waals surface area contributed by atoms with Crippen molar-refractivity contribution in [3.05, 3.63) is 23.8 Å². The van der Waals surface area contributed by atoms with Gasteiger partial charge < -0.3 is 21.1 Å². The first kappa shape index (κ1) is 20.4. The van der Waals surface area contributed by atoms with E-state index < -0.39 is 0 Å². The molecule has 1 heterocycles. The van der Waals surface area contributed by atoms with E-state index in [1.807, 2.05) is 19.1 Å². The average Bonchev–Trinajstić information content (AvgIpc) is 2.63. The van der Waals surface area contributed by atoms with Crippen LogP contribution in [0.1, 0.15) is 31.2 Å². The lowest BCUT2D eigenvalue weighted by Gasteiger charge is -2.25. The molecular formula is C19H30N4O3. The van der Waals surface area contributed by atoms with Crippen molar-refractivity contribution in [2.75, 3.05) is 43.9 Å². The molecule has 7 heteroatoms. The molecule has 26 heavy (non-hydrogen) atoms. The zero-order valence-corrected chi connectivity index (χ0v) is 15.7. The van der Waals surface area contributed by atoms with Crippen molar-refractivity contribution in [3.8, 4) is 0 Å². The van der Waals surface area contributed by atoms with Crippen molar-refractivity contribution >= 4 is 23.2 Å². The van der Waals surface area contributed by atoms with Crippen LogP contribution in [-0.2, 0) is 14.3 Å². The molecule has 0 radical (unpaired) electrons. The van der Waals surface area contributed by atoms with E-state index in [0.29, 0.717) is 17.9 Å². The topological polar surface area (TPSA) is 96.7 Å². The molecule has 1 saturated heterocycles. The number of ether oxygens (including phenoxy) is 1. The summed E-state index contributed by atoms with van der Waals surface area (Å²) in [7, 11) is 1.53. The second-order valence-corrected chi connectivity index (χ2v) is 6.76. The van der Waals surface area contributed by atoms with Crippen LogP contribution in [0.5, 0.6) is 0 Å². The molecule has 1 fully saturated rings. The highest BCUT2D eigenvalue weighted by Crippen LogP contribution is 2.21. The number of benzene rings is 1. The lowest BCUT2D eigenvalue weighted by Crippen LogP contribution is -2.36. The molecule has 0 aromatic heterocycles. The fourth-order valence-electron chi connectivity index (χ4n) is 3.03. The highest BCUT2D eigenvalue weighted by atomic mass is 16.5. The van der Waals surface area contributed by atoms with E-state index in [1.165, 1.54) is 13.5 Å². The maximum absolute atomic E-state index is 12.3. The smallest absolute Gasteiger partial charge is 0.238 e. The van der Waals surface area contributed by atoms with Gasteiger partial charge in [0.05, 0.1) is 19.1 Å². The molecule has 1 aliphatic rings. The van der Waals surface area contributed by atoms with Gasteiger partial charge in [-0.1, -0.05) is 12.5 Å². The van der Waals surface area contributed by atoms with Crippen molar-refractivity contribution in [1.82, 2.24) is 4.90 Å². The minimum absolute atomic E-state index is 0.0268. The van der Waals surface area contributed by atoms with E-state index in [1.54, 1.807) is 6.07 Å². The molecule has 4 N–H and O–H groups in total. The summed E-state index contributed by atoms with van der Waals surface area (Å²) in [5, 5.41) is 5.78. The first-order chi connectivity index (χ1) is 12.5. The number of aryl methyl sites for hydroxylation is 1. The van der Waals surface area contributed by atoms with Crippen LogP contribution in [0.3, 0.4) is 0 Å². The van der Waals surface area contributed by atoms with Crippen LogP contribution in [0.25, 0.3) is 0 Å². The Morgan fingerprint density at radius 2 is 1.92 bits per heavy atom. The number of hydrogen-bond acceptors (Lipinski definition) is 5. The number of carbonyl (C=O) groups excluding carboxylic acids is 2. The van der Waals surface area contributed by atoms with Gasteiger partial charge in [0.25, 0.3) is 0 Å². The number of nitrogens with zero attached hydrogens (tertiary/aromatic N) is 1. The van der Waals surface area contributed by atoms with Crippen LogP contribution in [0, 0.1) is 6.92 Å². The van der Waals surface area contributed by atoms with Gasteiger partial charge in [0, 0.05) is 25.0 Å². The Balaban J connectivity index is 1.93. The Kier molecular flexibility index (Phi) is 8.03. The van der Waals surface area contributed by atoms with Crippen molar-refractivity contribution in [2.45, 2.75) is 38.7 Å². The monoisotopic (exact) mass is 362 g/mol. The van der Waals surface area contributed by atoms with E-state index >= 15 is 0 Å². The molecule has 2 amide bonds. The number of anilines is 2. The zero-order valence-electron chi connectivity index (χ0n) is 15.7. The largest absolute Gasteiger partial charge is 0.380 e. The van der Waals surface area contributed by atoms with Crippen molar-refractivity contribution < 1.29 is 14.3 Å². The van der Waals surface area contributed by atoms with E-state index in [2.05, 4.69) is 15.5 Å². The summed E-state index contributed by atoms with van der Waals surface area (Å²) in [4.78, 5) is 26.6. The lowest BCUT2D eigenvalue weighted by molar-refractivity contribution is -0.118. The minimum Gasteiger partial charge on any atom is -0.380 e. The minimum atomic E-state index is -0.302. The number of hydrogen-bond donors (Lipinski definition) is 3. The van der Waals surface area contributed by atoms with E-state index in [0.717, 1.165) is 31.5 Å². The van der Waals surface area contributed by atoms with Crippen LogP contribution >= 0.6 is 0 Å². The summed E-state index contributed by atoms with van der Waals surface area (Å²) in [5.41, 5.74) is 7.85. The molecule has 1 atom stereocenters. The van der Waals surface area contributed by atoms with Gasteiger partial charge >= 0.3 is 0 Å². The summed E-state index contributed by atoms with van der Waals surface area (Å²) in [6, 6.07) is 5.48. The van der Waals surface area contributed by atoms with Crippen LogP contribution in [-0.4, -0.2) is 56.1 Å². The third-order valence-electron chi connectivity index (χ3n) is 4.62. The first-order valence-electron chi connectivity index (χ1n) is 9.17. The Bertz CT molecular complexity index is 611. The normalized spacial score (nSPS) is 16.1. The van der Waals surface area contributed by atoms with Gasteiger partial charge in [-0.05, 0) is 50.6 Å². The zero-order chi connectivity index (χ0) is 18.9. The Labute approximate surface area is 155 Å². The van der Waals surface area contributed by atoms with Crippen LogP contribution in [0.2, 0.25) is 0 Å². The molecule has 1 aromatic carbocycles. The summed E-state index contributed by atoms with van der Waals surface area (Å²) in [6.07, 6.45) is 3.44. The fraction of sp³-hybridized carbons (Fsp3) is 0.579. The van der Waals surface area contributed by atoms with Crippen LogP contribution in [0.15, 0.2) is 18.2 Å². The number of amides is 2. The standard InChI is InChI=1S/C19H30N4O3/c1-14-6-7-15(21-18(24)11-16(12-20)26-2)10-17(14)22-19(25)13-23-8-4-3-5-9-23/h6-7,10,16H,3-5,8-9,11-13,20H2,1-2H3,(H,21,24)(H,22,25). The SMILES string of the molecule is COC(CN)CC(=O)Nc1ccc(C)c(NC(=O)CN2CCCCC2)c1. The maximum atomic E-state index is 12.3. The summed E-state index contributed by atoms with van der Waals surface area (Å²) in [6.45, 7) is 4.57. The molecule has 0 bridgehead atoms. The Morgan fingerprint density at radius 3 is 2.58 bits per heavy atom. The molecule has 0 aliphatic carbocycles. The number of likely N-dealkylation sites (tertiary alicyclic amines) is 1. The van der Waals surface area contributed by atoms with Gasteiger partial charge in [-0.3, -0.25) is 14.5 Å². The number of nitrogens with two attached hydrogens (primary N) is 1. The molecular weight excluding hydrogens is 332 g/mol. The van der Waals surface area contributed by atoms with Crippen molar-refractivity contribution in [3.63, 3.8) is 0 Å². The van der Waals surface area contributed by atoms with Gasteiger partial charge in [-0.25, -0.2) is 0 Å². The summed E-state index contributed by atoms with van der Waals surface area (Å²) in [5.74, 6) is -0.196. The molecule has 144 valence electrons. The molecule has 1 unspecified atom stereocenters. The first-order valence-corrected chi connectivity index (χ1v) is 9.17. The third-order valence-corrected chi connectivity index (χ3v) is 4.62. The van der Waals surface area contributed by atoms with Crippen molar-refractivity contribution in [1.29, 1.82) is 0 Å². The Morgan fingerprint density at radius 1 is 1.19 bits per heavy atom. The fourth-order valence-corrected chi connectivity index (χ4v) is 3.03. The number of rotatable bonds is 8. The molecule has 2 rings (SSSR count). The quantitative estimate of drug-likeness (QED) is 0.654. The van der Waals surface area contributed by atoms with Crippen molar-refractivity contribution in [2.24, 2.45) is 5.73 Å². The predicted molar refractivity (Wildman–Crippen MR) is 103 cm³/mol. The Hall–Kier alpha value is -1.96. The van der Waals surface area contributed by atoms with Gasteiger partial charge in [0.1, 0.15) is 0 Å². The lowest BCUT2D eigenvalue weighted by atomic mass is 10.1. The third kappa shape index (κ3) is 6.40. The number of nitrogens with one attached hydrogen (secondary N) is 2. The number of methoxy groups -OCH3 is 1. The van der Waals surface area contributed by atoms with E-state index in [4.69, 9.17) is 10.5 Å². The van der Waals surface area contributed by atoms with Gasteiger partial charge in [-0.2, -0.15) is 0 Å². The molecule has 1 aromatic rings. The molecule has 1 aliphatic heterocycles. The van der Waals surface area contributed by atoms with Gasteiger partial charge in [-0.15, -0.1) is 0 Å². The molecule has 7 nitrogen and oxygen atoms in total. The highest BCUT2D eigenvalue weighted by molar-refractivity contribution is 5.95. The van der Waals surface area contributed by atoms with E-state index in [9.17, 15) is 9.59 Å². The van der Waals surface area contributed by atoms with Crippen LogP contribution < -0.4 is 16.4 Å². The van der Waals surface area contributed by atoms with E-state index in [-0.39, 0.29) is 30.9 Å². The predicted octanol–water partition coefficient (Wildman–Crippen LogP) is 1.72. The number of piperidine rings is 1. The number of carbonyl (C=O) groups is 2. The maximum Gasteiger partial charge on any atom is 0.238 e.